The third kappa shape index (κ3) is 1.85. The van der Waals surface area contributed by atoms with Crippen LogP contribution >= 0.6 is 0 Å². The van der Waals surface area contributed by atoms with Gasteiger partial charge in [-0.25, -0.2) is 0 Å². The largest absolute Gasteiger partial charge is 0.345 e. The summed E-state index contributed by atoms with van der Waals surface area (Å²) in [5, 5.41) is 3.13. The SMILES string of the molecule is CC1CC1CN(C)C(=O)C1CNC1. The van der Waals surface area contributed by atoms with Gasteiger partial charge < -0.3 is 10.2 Å². The Balaban J connectivity index is 1.75. The van der Waals surface area contributed by atoms with Crippen LogP contribution in [0.25, 0.3) is 0 Å². The Morgan fingerprint density at radius 2 is 2.15 bits per heavy atom. The fraction of sp³-hybridized carbons (Fsp3) is 0.900. The van der Waals surface area contributed by atoms with Crippen LogP contribution in [0, 0.1) is 17.8 Å². The van der Waals surface area contributed by atoms with Crippen molar-refractivity contribution in [3.8, 4) is 0 Å². The molecule has 1 heterocycles. The van der Waals surface area contributed by atoms with Crippen LogP contribution < -0.4 is 5.32 Å². The molecular formula is C10H18N2O. The van der Waals surface area contributed by atoms with Gasteiger partial charge in [0.2, 0.25) is 5.91 Å². The monoisotopic (exact) mass is 182 g/mol. The van der Waals surface area contributed by atoms with E-state index >= 15 is 0 Å². The number of hydrogen-bond donors (Lipinski definition) is 1. The Hall–Kier alpha value is -0.570. The fourth-order valence-corrected chi connectivity index (χ4v) is 1.87. The second-order valence-corrected chi connectivity index (χ2v) is 4.55. The van der Waals surface area contributed by atoms with Crippen LogP contribution in [-0.2, 0) is 4.79 Å². The standard InChI is InChI=1S/C10H18N2O/c1-7-3-8(7)6-12(2)10(13)9-4-11-5-9/h7-9,11H,3-6H2,1-2H3. The van der Waals surface area contributed by atoms with Crippen LogP contribution in [0.3, 0.4) is 0 Å². The fourth-order valence-electron chi connectivity index (χ4n) is 1.87. The maximum Gasteiger partial charge on any atom is 0.228 e. The molecule has 0 aromatic carbocycles. The molecule has 3 nitrogen and oxygen atoms in total. The van der Waals surface area contributed by atoms with E-state index in [0.29, 0.717) is 5.91 Å². The lowest BCUT2D eigenvalue weighted by Crippen LogP contribution is -2.51. The lowest BCUT2D eigenvalue weighted by Gasteiger charge is -2.30. The first-order valence-corrected chi connectivity index (χ1v) is 5.14. The van der Waals surface area contributed by atoms with Gasteiger partial charge in [-0.1, -0.05) is 6.92 Å². The minimum Gasteiger partial charge on any atom is -0.345 e. The van der Waals surface area contributed by atoms with E-state index in [0.717, 1.165) is 31.5 Å². The van der Waals surface area contributed by atoms with E-state index in [-0.39, 0.29) is 5.92 Å². The molecule has 13 heavy (non-hydrogen) atoms. The van der Waals surface area contributed by atoms with E-state index < -0.39 is 0 Å². The van der Waals surface area contributed by atoms with E-state index in [9.17, 15) is 4.79 Å². The summed E-state index contributed by atoms with van der Waals surface area (Å²) in [6, 6.07) is 0. The summed E-state index contributed by atoms with van der Waals surface area (Å²) in [5.41, 5.74) is 0. The molecule has 74 valence electrons. The first-order valence-electron chi connectivity index (χ1n) is 5.14. The Morgan fingerprint density at radius 3 is 2.54 bits per heavy atom. The zero-order valence-corrected chi connectivity index (χ0v) is 8.42. The second-order valence-electron chi connectivity index (χ2n) is 4.55. The van der Waals surface area contributed by atoms with E-state index in [1.165, 1.54) is 6.42 Å². The first-order chi connectivity index (χ1) is 6.18. The number of rotatable bonds is 3. The molecule has 2 rings (SSSR count). The van der Waals surface area contributed by atoms with Gasteiger partial charge in [0, 0.05) is 26.7 Å². The van der Waals surface area contributed by atoms with Gasteiger partial charge >= 0.3 is 0 Å². The van der Waals surface area contributed by atoms with Crippen LogP contribution in [0.15, 0.2) is 0 Å². The molecule has 0 bridgehead atoms. The molecule has 1 saturated heterocycles. The summed E-state index contributed by atoms with van der Waals surface area (Å²) in [5.74, 6) is 2.22. The highest BCUT2D eigenvalue weighted by molar-refractivity contribution is 5.80. The molecule has 0 spiro atoms. The summed E-state index contributed by atoms with van der Waals surface area (Å²) >= 11 is 0. The third-order valence-electron chi connectivity index (χ3n) is 3.29. The van der Waals surface area contributed by atoms with E-state index in [4.69, 9.17) is 0 Å². The van der Waals surface area contributed by atoms with Crippen LogP contribution in [0.1, 0.15) is 13.3 Å². The summed E-state index contributed by atoms with van der Waals surface area (Å²) in [4.78, 5) is 13.6. The normalized spacial score (nSPS) is 32.5. The zero-order valence-electron chi connectivity index (χ0n) is 8.42. The summed E-state index contributed by atoms with van der Waals surface area (Å²) in [6.45, 7) is 4.98. The van der Waals surface area contributed by atoms with Crippen molar-refractivity contribution < 1.29 is 4.79 Å². The maximum atomic E-state index is 11.7. The van der Waals surface area contributed by atoms with E-state index in [1.807, 2.05) is 11.9 Å². The number of carbonyl (C=O) groups is 1. The number of nitrogens with one attached hydrogen (secondary N) is 1. The molecule has 1 amide bonds. The molecule has 2 aliphatic rings. The molecule has 2 atom stereocenters. The van der Waals surface area contributed by atoms with Gasteiger partial charge in [-0.2, -0.15) is 0 Å². The van der Waals surface area contributed by atoms with Gasteiger partial charge in [-0.3, -0.25) is 4.79 Å². The molecule has 1 N–H and O–H groups in total. The van der Waals surface area contributed by atoms with Gasteiger partial charge in [0.15, 0.2) is 0 Å². The highest BCUT2D eigenvalue weighted by Crippen LogP contribution is 2.38. The topological polar surface area (TPSA) is 32.3 Å². The highest BCUT2D eigenvalue weighted by Gasteiger charge is 2.36. The molecule has 2 fully saturated rings. The highest BCUT2D eigenvalue weighted by atomic mass is 16.2. The first kappa shape index (κ1) is 9.00. The van der Waals surface area contributed by atoms with Crippen molar-refractivity contribution in [3.05, 3.63) is 0 Å². The van der Waals surface area contributed by atoms with Gasteiger partial charge in [0.25, 0.3) is 0 Å². The zero-order chi connectivity index (χ0) is 9.42. The quantitative estimate of drug-likeness (QED) is 0.682. The van der Waals surface area contributed by atoms with Gasteiger partial charge in [-0.15, -0.1) is 0 Å². The Morgan fingerprint density at radius 1 is 1.54 bits per heavy atom. The number of hydrogen-bond acceptors (Lipinski definition) is 2. The van der Waals surface area contributed by atoms with Crippen molar-refractivity contribution in [1.29, 1.82) is 0 Å². The molecule has 1 aliphatic heterocycles. The molecule has 1 saturated carbocycles. The van der Waals surface area contributed by atoms with Crippen molar-refractivity contribution >= 4 is 5.91 Å². The lowest BCUT2D eigenvalue weighted by molar-refractivity contribution is -0.135. The summed E-state index contributed by atoms with van der Waals surface area (Å²) < 4.78 is 0. The minimum atomic E-state index is 0.263. The molecule has 3 heteroatoms. The lowest BCUT2D eigenvalue weighted by atomic mass is 10.0. The predicted octanol–water partition coefficient (Wildman–Crippen LogP) is 0.320. The predicted molar refractivity (Wildman–Crippen MR) is 51.3 cm³/mol. The second kappa shape index (κ2) is 3.29. The molecule has 0 aromatic rings. The van der Waals surface area contributed by atoms with E-state index in [1.54, 1.807) is 0 Å². The number of amides is 1. The number of nitrogens with zero attached hydrogens (tertiary/aromatic N) is 1. The van der Waals surface area contributed by atoms with Crippen LogP contribution in [0.4, 0.5) is 0 Å². The molecule has 0 aromatic heterocycles. The smallest absolute Gasteiger partial charge is 0.228 e. The average Bonchev–Trinajstić information content (AvgIpc) is 2.62. The molecule has 2 unspecified atom stereocenters. The molecule has 1 aliphatic carbocycles. The van der Waals surface area contributed by atoms with Crippen LogP contribution in [0.2, 0.25) is 0 Å². The van der Waals surface area contributed by atoms with Crippen molar-refractivity contribution in [1.82, 2.24) is 10.2 Å². The van der Waals surface area contributed by atoms with Crippen molar-refractivity contribution in [3.63, 3.8) is 0 Å². The molecule has 0 radical (unpaired) electrons. The Kier molecular flexibility index (Phi) is 2.28. The van der Waals surface area contributed by atoms with Crippen molar-refractivity contribution in [2.45, 2.75) is 13.3 Å². The average molecular weight is 182 g/mol. The van der Waals surface area contributed by atoms with Gasteiger partial charge in [0.1, 0.15) is 0 Å². The number of carbonyl (C=O) groups excluding carboxylic acids is 1. The minimum absolute atomic E-state index is 0.263. The van der Waals surface area contributed by atoms with Crippen molar-refractivity contribution in [2.24, 2.45) is 17.8 Å². The Labute approximate surface area is 79.5 Å². The third-order valence-corrected chi connectivity index (χ3v) is 3.29. The van der Waals surface area contributed by atoms with E-state index in [2.05, 4.69) is 12.2 Å². The molecular weight excluding hydrogens is 164 g/mol. The van der Waals surface area contributed by atoms with Crippen LogP contribution in [-0.4, -0.2) is 37.5 Å². The summed E-state index contributed by atoms with van der Waals surface area (Å²) in [6.07, 6.45) is 1.31. The van der Waals surface area contributed by atoms with Gasteiger partial charge in [-0.05, 0) is 18.3 Å². The maximum absolute atomic E-state index is 11.7. The van der Waals surface area contributed by atoms with Crippen molar-refractivity contribution in [2.75, 3.05) is 26.7 Å². The Bertz CT molecular complexity index is 213. The summed E-state index contributed by atoms with van der Waals surface area (Å²) in [7, 11) is 1.94. The van der Waals surface area contributed by atoms with Crippen LogP contribution in [0.5, 0.6) is 0 Å². The van der Waals surface area contributed by atoms with Gasteiger partial charge in [0.05, 0.1) is 5.92 Å².